The maximum absolute atomic E-state index is 13.2. The first-order chi connectivity index (χ1) is 27.3. The van der Waals surface area contributed by atoms with Crippen LogP contribution in [-0.2, 0) is 10.8 Å². The molecule has 0 radical (unpaired) electrons. The summed E-state index contributed by atoms with van der Waals surface area (Å²) in [6.07, 6.45) is 2.08. The van der Waals surface area contributed by atoms with Gasteiger partial charge in [-0.15, -0.1) is 0 Å². The monoisotopic (exact) mass is 780 g/mol. The second kappa shape index (κ2) is 16.3. The van der Waals surface area contributed by atoms with Gasteiger partial charge in [-0.3, -0.25) is 4.79 Å². The van der Waals surface area contributed by atoms with Crippen molar-refractivity contribution in [2.24, 2.45) is 11.3 Å². The molecule has 2 unspecified atom stereocenters. The van der Waals surface area contributed by atoms with E-state index in [0.717, 1.165) is 69.5 Å². The maximum Gasteiger partial charge on any atom is 0.519 e. The highest BCUT2D eigenvalue weighted by Gasteiger charge is 2.45. The molecule has 0 spiro atoms. The fourth-order valence-electron chi connectivity index (χ4n) is 8.28. The number of hydrogen-bond donors (Lipinski definition) is 0. The second-order valence-corrected chi connectivity index (χ2v) is 17.4. The molecule has 1 fully saturated rings. The lowest BCUT2D eigenvalue weighted by Gasteiger charge is -2.49. The number of ether oxygens (including phenoxy) is 4. The average molecular weight is 781 g/mol. The number of rotatable bonds is 10. The molecule has 0 saturated heterocycles. The number of esters is 1. The zero-order chi connectivity index (χ0) is 42.2. The van der Waals surface area contributed by atoms with Gasteiger partial charge in [0.05, 0.1) is 12.7 Å². The maximum atomic E-state index is 13.2. The van der Waals surface area contributed by atoms with Gasteiger partial charge in [0, 0.05) is 16.4 Å². The highest BCUT2D eigenvalue weighted by Crippen LogP contribution is 2.54. The molecule has 2 atom stereocenters. The fourth-order valence-corrected chi connectivity index (χ4v) is 8.28. The van der Waals surface area contributed by atoms with E-state index in [9.17, 15) is 14.4 Å². The molecular weight excluding hydrogens is 725 g/mol. The Morgan fingerprint density at radius 3 is 1.50 bits per heavy atom. The van der Waals surface area contributed by atoms with E-state index in [-0.39, 0.29) is 22.0 Å². The molecule has 0 N–H and O–H groups in total. The first-order valence-corrected chi connectivity index (χ1v) is 20.1. The lowest BCUT2D eigenvalue weighted by Crippen LogP contribution is -2.41. The first-order valence-electron chi connectivity index (χ1n) is 20.1. The van der Waals surface area contributed by atoms with Crippen LogP contribution < -0.4 is 18.9 Å². The van der Waals surface area contributed by atoms with Crippen molar-refractivity contribution in [2.75, 3.05) is 7.11 Å². The molecule has 7 nitrogen and oxygen atoms in total. The summed E-state index contributed by atoms with van der Waals surface area (Å²) in [5, 5.41) is 0. The number of ketones is 1. The summed E-state index contributed by atoms with van der Waals surface area (Å²) >= 11 is 0. The largest absolute Gasteiger partial charge is 0.519 e. The van der Waals surface area contributed by atoms with Crippen molar-refractivity contribution in [1.82, 2.24) is 0 Å². The summed E-state index contributed by atoms with van der Waals surface area (Å²) in [5.41, 5.74) is 8.62. The molecule has 58 heavy (non-hydrogen) atoms. The minimum absolute atomic E-state index is 0.0609. The summed E-state index contributed by atoms with van der Waals surface area (Å²) < 4.78 is 22.9. The molecule has 5 aromatic carbocycles. The van der Waals surface area contributed by atoms with Crippen LogP contribution in [0.3, 0.4) is 0 Å². The first kappa shape index (κ1) is 41.9. The fraction of sp³-hybridized carbons (Fsp3) is 0.353. The van der Waals surface area contributed by atoms with E-state index in [2.05, 4.69) is 77.1 Å². The molecule has 1 saturated carbocycles. The zero-order valence-electron chi connectivity index (χ0n) is 35.8. The van der Waals surface area contributed by atoms with Gasteiger partial charge >= 0.3 is 12.1 Å². The van der Waals surface area contributed by atoms with Crippen molar-refractivity contribution in [1.29, 1.82) is 0 Å². The zero-order valence-corrected chi connectivity index (χ0v) is 35.8. The van der Waals surface area contributed by atoms with Gasteiger partial charge < -0.3 is 18.9 Å². The molecule has 1 aliphatic rings. The smallest absolute Gasteiger partial charge is 0.496 e. The van der Waals surface area contributed by atoms with Crippen molar-refractivity contribution < 1.29 is 33.3 Å². The van der Waals surface area contributed by atoms with Crippen LogP contribution in [0.2, 0.25) is 0 Å². The van der Waals surface area contributed by atoms with Crippen LogP contribution in [0.5, 0.6) is 23.0 Å². The lowest BCUT2D eigenvalue weighted by atomic mass is 9.55. The number of aryl methyl sites for hydroxylation is 4. The van der Waals surface area contributed by atoms with Gasteiger partial charge in [-0.2, -0.15) is 0 Å². The normalized spacial score (nSPS) is 17.6. The molecule has 1 aliphatic carbocycles. The van der Waals surface area contributed by atoms with Gasteiger partial charge in [0.1, 0.15) is 23.0 Å². The molecule has 0 bridgehead atoms. The van der Waals surface area contributed by atoms with Crippen molar-refractivity contribution >= 4 is 17.9 Å². The van der Waals surface area contributed by atoms with Gasteiger partial charge in [-0.25, -0.2) is 9.59 Å². The molecule has 0 aliphatic heterocycles. The Morgan fingerprint density at radius 1 is 0.603 bits per heavy atom. The molecule has 302 valence electrons. The van der Waals surface area contributed by atoms with Crippen LogP contribution in [0.25, 0.3) is 0 Å². The highest BCUT2D eigenvalue weighted by molar-refractivity contribution is 5.96. The molecule has 6 rings (SSSR count). The second-order valence-electron chi connectivity index (χ2n) is 17.4. The SMILES string of the molecule is COc1ccc(C(C)(C)c2ccc(OC(=O)Oc3ccc(C4(c5ccc(OC(=O)c6ccc(C(C)=O)cc6)c(C)c5)CCC(C)(C)C(C)C4)cc3C)c(C)c2)cc1C. The molecular formula is C51H56O7. The molecule has 5 aromatic rings. The minimum atomic E-state index is -0.796. The Balaban J connectivity index is 1.21. The average Bonchev–Trinajstić information content (AvgIpc) is 3.18. The van der Waals surface area contributed by atoms with Crippen molar-refractivity contribution in [2.45, 2.75) is 99.3 Å². The van der Waals surface area contributed by atoms with Gasteiger partial charge in [-0.05, 0) is 146 Å². The van der Waals surface area contributed by atoms with Gasteiger partial charge in [0.2, 0.25) is 0 Å². The van der Waals surface area contributed by atoms with Crippen molar-refractivity contribution in [3.63, 3.8) is 0 Å². The minimum Gasteiger partial charge on any atom is -0.496 e. The van der Waals surface area contributed by atoms with E-state index in [1.807, 2.05) is 58.0 Å². The topological polar surface area (TPSA) is 88.1 Å². The van der Waals surface area contributed by atoms with Crippen molar-refractivity contribution in [3.05, 3.63) is 153 Å². The number of methoxy groups -OCH3 is 1. The van der Waals surface area contributed by atoms with Crippen molar-refractivity contribution in [3.8, 4) is 23.0 Å². The molecule has 0 amide bonds. The third-order valence-electron chi connectivity index (χ3n) is 12.8. The van der Waals surface area contributed by atoms with Crippen LogP contribution in [0.4, 0.5) is 4.79 Å². The Hall–Kier alpha value is -5.69. The predicted octanol–water partition coefficient (Wildman–Crippen LogP) is 12.4. The Kier molecular flexibility index (Phi) is 11.8. The number of hydrogen-bond acceptors (Lipinski definition) is 7. The van der Waals surface area contributed by atoms with E-state index in [1.54, 1.807) is 31.4 Å². The predicted molar refractivity (Wildman–Crippen MR) is 229 cm³/mol. The van der Waals surface area contributed by atoms with Crippen LogP contribution in [0.1, 0.15) is 126 Å². The van der Waals surface area contributed by atoms with Gasteiger partial charge in [0.15, 0.2) is 5.78 Å². The summed E-state index contributed by atoms with van der Waals surface area (Å²) in [6, 6.07) is 30.8. The van der Waals surface area contributed by atoms with Gasteiger partial charge in [0.25, 0.3) is 0 Å². The summed E-state index contributed by atoms with van der Waals surface area (Å²) in [7, 11) is 1.68. The van der Waals surface area contributed by atoms with Crippen LogP contribution >= 0.6 is 0 Å². The highest BCUT2D eigenvalue weighted by atomic mass is 16.7. The summed E-state index contributed by atoms with van der Waals surface area (Å²) in [6.45, 7) is 20.7. The Labute approximate surface area is 343 Å². The summed E-state index contributed by atoms with van der Waals surface area (Å²) in [5.74, 6) is 2.11. The Morgan fingerprint density at radius 2 is 1.05 bits per heavy atom. The van der Waals surface area contributed by atoms with E-state index in [0.29, 0.717) is 34.3 Å². The number of Topliss-reactive ketones (excluding diaryl/α,β-unsaturated/α-hetero) is 1. The van der Waals surface area contributed by atoms with Gasteiger partial charge in [-0.1, -0.05) is 95.3 Å². The molecule has 7 heteroatoms. The third-order valence-corrected chi connectivity index (χ3v) is 12.8. The standard InChI is InChI=1S/C51H56O7/c1-31-26-39(16-20-43(31)55-11)50(9,10)40-17-21-45(32(2)27-40)57-48(54)58-46-23-19-42(29-34(46)4)51(25-24-49(7,8)35(5)30-51)41-18-22-44(33(3)28-41)56-47(53)38-14-12-37(13-15-38)36(6)52/h12-23,26-29,35H,24-25,30H2,1-11H3. The van der Waals surface area contributed by atoms with E-state index in [1.165, 1.54) is 6.92 Å². The molecule has 0 heterocycles. The van der Waals surface area contributed by atoms with E-state index >= 15 is 0 Å². The van der Waals surface area contributed by atoms with E-state index in [4.69, 9.17) is 18.9 Å². The van der Waals surface area contributed by atoms with Crippen LogP contribution in [0.15, 0.2) is 97.1 Å². The van der Waals surface area contributed by atoms with E-state index < -0.39 is 12.1 Å². The summed E-state index contributed by atoms with van der Waals surface area (Å²) in [4.78, 5) is 38.0. The lowest BCUT2D eigenvalue weighted by molar-refractivity contribution is 0.0732. The Bertz CT molecular complexity index is 2370. The number of carbonyl (C=O) groups is 3. The van der Waals surface area contributed by atoms with Crippen LogP contribution in [-0.4, -0.2) is 25.0 Å². The third kappa shape index (κ3) is 8.45. The molecule has 0 aromatic heterocycles. The van der Waals surface area contributed by atoms with Crippen LogP contribution in [0, 0.1) is 39.0 Å². The number of benzene rings is 5. The number of carbonyl (C=O) groups excluding carboxylic acids is 3. The quantitative estimate of drug-likeness (QED) is 0.0603.